The van der Waals surface area contributed by atoms with Gasteiger partial charge in [-0.05, 0) is 29.3 Å². The molecule has 0 aliphatic rings. The summed E-state index contributed by atoms with van der Waals surface area (Å²) in [5.74, 6) is -0.200. The van der Waals surface area contributed by atoms with Gasteiger partial charge in [0.1, 0.15) is 5.82 Å². The second kappa shape index (κ2) is 2.81. The van der Waals surface area contributed by atoms with Crippen molar-refractivity contribution in [2.24, 2.45) is 0 Å². The third-order valence-corrected chi connectivity index (χ3v) is 1.76. The van der Waals surface area contributed by atoms with Crippen molar-refractivity contribution >= 4 is 0 Å². The maximum absolute atomic E-state index is 12.7. The molecule has 0 radical (unpaired) electrons. The van der Waals surface area contributed by atoms with Gasteiger partial charge in [0.25, 0.3) is 0 Å². The summed E-state index contributed by atoms with van der Waals surface area (Å²) in [6.45, 7) is 0. The first kappa shape index (κ1) is 7.10. The fraction of sp³-hybridized carbons (Fsp3) is 0. The molecule has 1 aromatic carbocycles. The Hall–Kier alpha value is -1.57. The van der Waals surface area contributed by atoms with Crippen molar-refractivity contribution in [3.63, 3.8) is 0 Å². The lowest BCUT2D eigenvalue weighted by atomic mass is 10.1. The smallest absolute Gasteiger partial charge is 0.123 e. The van der Waals surface area contributed by atoms with Gasteiger partial charge in [-0.15, -0.1) is 0 Å². The van der Waals surface area contributed by atoms with E-state index >= 15 is 0 Å². The van der Waals surface area contributed by atoms with Gasteiger partial charge in [-0.3, -0.25) is 0 Å². The first-order valence-electron chi connectivity index (χ1n) is 3.75. The number of hydrogen-bond donors (Lipinski definition) is 1. The van der Waals surface area contributed by atoms with Crippen LogP contribution in [0.1, 0.15) is 0 Å². The van der Waals surface area contributed by atoms with Gasteiger partial charge in [0.05, 0.1) is 0 Å². The molecule has 1 heterocycles. The fourth-order valence-electron chi connectivity index (χ4n) is 1.17. The van der Waals surface area contributed by atoms with Crippen molar-refractivity contribution in [3.05, 3.63) is 48.5 Å². The fourth-order valence-corrected chi connectivity index (χ4v) is 1.17. The summed E-state index contributed by atoms with van der Waals surface area (Å²) in [6, 6.07) is 8.46. The molecule has 2 aromatic rings. The summed E-state index contributed by atoms with van der Waals surface area (Å²) >= 11 is 0. The summed E-state index contributed by atoms with van der Waals surface area (Å²) in [7, 11) is 0. The van der Waals surface area contributed by atoms with Crippen LogP contribution in [0.25, 0.3) is 11.1 Å². The third-order valence-electron chi connectivity index (χ3n) is 1.76. The average Bonchev–Trinajstić information content (AvgIpc) is 2.56. The largest absolute Gasteiger partial charge is 0.367 e. The van der Waals surface area contributed by atoms with E-state index in [1.807, 2.05) is 24.5 Å². The zero-order valence-corrected chi connectivity index (χ0v) is 6.42. The van der Waals surface area contributed by atoms with Crippen LogP contribution in [0.3, 0.4) is 0 Å². The number of rotatable bonds is 1. The third kappa shape index (κ3) is 1.23. The van der Waals surface area contributed by atoms with E-state index in [0.29, 0.717) is 0 Å². The van der Waals surface area contributed by atoms with Gasteiger partial charge in [-0.1, -0.05) is 12.1 Å². The van der Waals surface area contributed by atoms with Crippen molar-refractivity contribution in [2.45, 2.75) is 0 Å². The van der Waals surface area contributed by atoms with E-state index in [-0.39, 0.29) is 5.82 Å². The predicted octanol–water partition coefficient (Wildman–Crippen LogP) is 2.82. The summed E-state index contributed by atoms with van der Waals surface area (Å²) < 4.78 is 12.7. The molecule has 0 unspecified atom stereocenters. The Labute approximate surface area is 69.9 Å². The highest BCUT2D eigenvalue weighted by Crippen LogP contribution is 2.18. The van der Waals surface area contributed by atoms with Crippen LogP contribution in [-0.4, -0.2) is 4.98 Å². The minimum Gasteiger partial charge on any atom is -0.367 e. The van der Waals surface area contributed by atoms with Crippen molar-refractivity contribution in [1.82, 2.24) is 4.98 Å². The van der Waals surface area contributed by atoms with Crippen LogP contribution in [-0.2, 0) is 0 Å². The number of hydrogen-bond acceptors (Lipinski definition) is 0. The van der Waals surface area contributed by atoms with E-state index in [0.717, 1.165) is 11.1 Å². The zero-order chi connectivity index (χ0) is 8.39. The Morgan fingerprint density at radius 2 is 2.00 bits per heavy atom. The van der Waals surface area contributed by atoms with Crippen LogP contribution in [0.4, 0.5) is 4.39 Å². The Balaban J connectivity index is 2.48. The van der Waals surface area contributed by atoms with Crippen molar-refractivity contribution in [2.75, 3.05) is 0 Å². The second-order valence-corrected chi connectivity index (χ2v) is 2.61. The molecule has 0 aliphatic heterocycles. The zero-order valence-electron chi connectivity index (χ0n) is 6.42. The average molecular weight is 161 g/mol. The normalized spacial score (nSPS) is 10.1. The first-order valence-corrected chi connectivity index (χ1v) is 3.75. The molecule has 0 saturated heterocycles. The molecule has 0 aliphatic carbocycles. The number of aromatic nitrogens is 1. The molecule has 1 N–H and O–H groups in total. The molecule has 1 aromatic heterocycles. The molecular formula is C10H8FN. The highest BCUT2D eigenvalue weighted by atomic mass is 19.1. The van der Waals surface area contributed by atoms with Crippen LogP contribution in [0.5, 0.6) is 0 Å². The molecule has 60 valence electrons. The highest BCUT2D eigenvalue weighted by Gasteiger charge is 1.97. The predicted molar refractivity (Wildman–Crippen MR) is 46.2 cm³/mol. The van der Waals surface area contributed by atoms with Gasteiger partial charge in [0.15, 0.2) is 0 Å². The molecule has 2 heteroatoms. The molecule has 12 heavy (non-hydrogen) atoms. The van der Waals surface area contributed by atoms with E-state index in [9.17, 15) is 4.39 Å². The first-order chi connectivity index (χ1) is 5.86. The van der Waals surface area contributed by atoms with Crippen LogP contribution in [0.15, 0.2) is 42.7 Å². The molecule has 1 nitrogen and oxygen atoms in total. The number of nitrogens with one attached hydrogen (secondary N) is 1. The van der Waals surface area contributed by atoms with Gasteiger partial charge >= 0.3 is 0 Å². The molecule has 0 saturated carbocycles. The van der Waals surface area contributed by atoms with Crippen molar-refractivity contribution in [3.8, 4) is 11.1 Å². The number of H-pyrrole nitrogens is 1. The monoisotopic (exact) mass is 161 g/mol. The Bertz CT molecular complexity index is 365. The Kier molecular flexibility index (Phi) is 1.67. The molecule has 0 spiro atoms. The summed E-state index contributed by atoms with van der Waals surface area (Å²) in [5, 5.41) is 0. The lowest BCUT2D eigenvalue weighted by Gasteiger charge is -1.95. The van der Waals surface area contributed by atoms with Crippen LogP contribution in [0, 0.1) is 5.82 Å². The van der Waals surface area contributed by atoms with Crippen LogP contribution >= 0.6 is 0 Å². The lowest BCUT2D eigenvalue weighted by Crippen LogP contribution is -1.75. The highest BCUT2D eigenvalue weighted by molar-refractivity contribution is 5.62. The van der Waals surface area contributed by atoms with Gasteiger partial charge in [0.2, 0.25) is 0 Å². The summed E-state index contributed by atoms with van der Waals surface area (Å²) in [5.41, 5.74) is 1.91. The van der Waals surface area contributed by atoms with Gasteiger partial charge in [0, 0.05) is 12.4 Å². The topological polar surface area (TPSA) is 15.8 Å². The van der Waals surface area contributed by atoms with Crippen LogP contribution < -0.4 is 0 Å². The molecule has 0 atom stereocenters. The standard InChI is InChI=1S/C10H8FN/c11-10-3-1-2-8(6-10)9-4-5-12-7-9/h1-7,12H. The molecule has 0 amide bonds. The molecule has 0 bridgehead atoms. The second-order valence-electron chi connectivity index (χ2n) is 2.61. The van der Waals surface area contributed by atoms with E-state index in [4.69, 9.17) is 0 Å². The van der Waals surface area contributed by atoms with E-state index in [1.165, 1.54) is 12.1 Å². The van der Waals surface area contributed by atoms with Crippen LogP contribution in [0.2, 0.25) is 0 Å². The molecular weight excluding hydrogens is 153 g/mol. The molecule has 0 fully saturated rings. The maximum Gasteiger partial charge on any atom is 0.123 e. The van der Waals surface area contributed by atoms with Crippen molar-refractivity contribution < 1.29 is 4.39 Å². The maximum atomic E-state index is 12.7. The summed E-state index contributed by atoms with van der Waals surface area (Å²) in [6.07, 6.45) is 3.66. The van der Waals surface area contributed by atoms with Gasteiger partial charge < -0.3 is 4.98 Å². The van der Waals surface area contributed by atoms with Crippen molar-refractivity contribution in [1.29, 1.82) is 0 Å². The van der Waals surface area contributed by atoms with Gasteiger partial charge in [-0.25, -0.2) is 4.39 Å². The van der Waals surface area contributed by atoms with Gasteiger partial charge in [-0.2, -0.15) is 0 Å². The Morgan fingerprint density at radius 3 is 2.67 bits per heavy atom. The van der Waals surface area contributed by atoms with E-state index in [2.05, 4.69) is 4.98 Å². The minimum absolute atomic E-state index is 0.200. The lowest BCUT2D eigenvalue weighted by molar-refractivity contribution is 0.628. The quantitative estimate of drug-likeness (QED) is 0.662. The molecule has 2 rings (SSSR count). The number of halogens is 1. The summed E-state index contributed by atoms with van der Waals surface area (Å²) in [4.78, 5) is 2.93. The Morgan fingerprint density at radius 1 is 1.08 bits per heavy atom. The minimum atomic E-state index is -0.200. The van der Waals surface area contributed by atoms with E-state index < -0.39 is 0 Å². The SMILES string of the molecule is Fc1cccc(-c2cc[nH]c2)c1. The van der Waals surface area contributed by atoms with E-state index in [1.54, 1.807) is 6.07 Å². The number of aromatic amines is 1. The number of benzene rings is 1.